The van der Waals surface area contributed by atoms with Crippen LogP contribution >= 0.6 is 11.6 Å². The number of ketones is 1. The molecule has 0 heterocycles. The van der Waals surface area contributed by atoms with Crippen LogP contribution in [-0.4, -0.2) is 11.2 Å². The molecule has 1 rings (SSSR count). The highest BCUT2D eigenvalue weighted by Gasteiger charge is 2.14. The SMILES string of the molecule is C=CCc1ccccc1C(=O)C(C)Cl. The van der Waals surface area contributed by atoms with Crippen molar-refractivity contribution in [2.75, 3.05) is 0 Å². The van der Waals surface area contributed by atoms with Crippen molar-refractivity contribution < 1.29 is 4.79 Å². The lowest BCUT2D eigenvalue weighted by atomic mass is 10.00. The van der Waals surface area contributed by atoms with Gasteiger partial charge in [-0.15, -0.1) is 18.2 Å². The molecule has 0 spiro atoms. The Balaban J connectivity index is 3.06. The average molecular weight is 209 g/mol. The molecule has 0 N–H and O–H groups in total. The normalized spacial score (nSPS) is 12.1. The molecule has 1 nitrogen and oxygen atoms in total. The fraction of sp³-hybridized carbons (Fsp3) is 0.250. The van der Waals surface area contributed by atoms with Gasteiger partial charge >= 0.3 is 0 Å². The number of alkyl halides is 1. The first kappa shape index (κ1) is 11.0. The first-order valence-electron chi connectivity index (χ1n) is 4.54. The highest BCUT2D eigenvalue weighted by Crippen LogP contribution is 2.14. The van der Waals surface area contributed by atoms with E-state index < -0.39 is 5.38 Å². The zero-order valence-corrected chi connectivity index (χ0v) is 8.92. The molecule has 1 atom stereocenters. The first-order valence-corrected chi connectivity index (χ1v) is 4.97. The van der Waals surface area contributed by atoms with E-state index in [0.29, 0.717) is 12.0 Å². The van der Waals surface area contributed by atoms with Gasteiger partial charge in [0.25, 0.3) is 0 Å². The summed E-state index contributed by atoms with van der Waals surface area (Å²) in [6.07, 6.45) is 2.48. The van der Waals surface area contributed by atoms with Crippen LogP contribution < -0.4 is 0 Å². The Hall–Kier alpha value is -1.08. The van der Waals surface area contributed by atoms with Crippen molar-refractivity contribution in [3.63, 3.8) is 0 Å². The molecule has 0 aliphatic heterocycles. The largest absolute Gasteiger partial charge is 0.293 e. The summed E-state index contributed by atoms with van der Waals surface area (Å²) in [5, 5.41) is -0.471. The average Bonchev–Trinajstić information content (AvgIpc) is 2.18. The minimum absolute atomic E-state index is 0.0240. The maximum atomic E-state index is 11.7. The van der Waals surface area contributed by atoms with Crippen LogP contribution in [0.25, 0.3) is 0 Å². The summed E-state index contributed by atoms with van der Waals surface area (Å²) in [7, 11) is 0. The van der Waals surface area contributed by atoms with Crippen LogP contribution in [0.5, 0.6) is 0 Å². The van der Waals surface area contributed by atoms with E-state index in [9.17, 15) is 4.79 Å². The second kappa shape index (κ2) is 4.97. The topological polar surface area (TPSA) is 17.1 Å². The van der Waals surface area contributed by atoms with Gasteiger partial charge in [-0.25, -0.2) is 0 Å². The maximum absolute atomic E-state index is 11.7. The second-order valence-electron chi connectivity index (χ2n) is 3.13. The van der Waals surface area contributed by atoms with E-state index in [-0.39, 0.29) is 5.78 Å². The Kier molecular flexibility index (Phi) is 3.90. The van der Waals surface area contributed by atoms with Gasteiger partial charge < -0.3 is 0 Å². The van der Waals surface area contributed by atoms with Crippen molar-refractivity contribution >= 4 is 17.4 Å². The summed E-state index contributed by atoms with van der Waals surface area (Å²) in [6.45, 7) is 5.35. The molecule has 0 amide bonds. The lowest BCUT2D eigenvalue weighted by molar-refractivity contribution is 0.0991. The number of carbonyl (C=O) groups excluding carboxylic acids is 1. The summed E-state index contributed by atoms with van der Waals surface area (Å²) in [4.78, 5) is 11.7. The predicted molar refractivity (Wildman–Crippen MR) is 60.0 cm³/mol. The molecule has 1 unspecified atom stereocenters. The van der Waals surface area contributed by atoms with E-state index in [0.717, 1.165) is 5.56 Å². The molecule has 1 aromatic rings. The Bertz CT molecular complexity index is 342. The van der Waals surface area contributed by atoms with E-state index in [2.05, 4.69) is 6.58 Å². The van der Waals surface area contributed by atoms with Crippen molar-refractivity contribution in [2.24, 2.45) is 0 Å². The van der Waals surface area contributed by atoms with Gasteiger partial charge in [-0.05, 0) is 18.9 Å². The number of hydrogen-bond donors (Lipinski definition) is 0. The first-order chi connectivity index (χ1) is 6.66. The van der Waals surface area contributed by atoms with E-state index in [1.54, 1.807) is 19.1 Å². The van der Waals surface area contributed by atoms with Gasteiger partial charge in [0.1, 0.15) is 0 Å². The number of Topliss-reactive ketones (excluding diaryl/α,β-unsaturated/α-hetero) is 1. The zero-order chi connectivity index (χ0) is 10.6. The third-order valence-electron chi connectivity index (χ3n) is 2.01. The molecule has 1 aromatic carbocycles. The molecular weight excluding hydrogens is 196 g/mol. The molecule has 0 aromatic heterocycles. The van der Waals surface area contributed by atoms with E-state index in [1.807, 2.05) is 18.2 Å². The zero-order valence-electron chi connectivity index (χ0n) is 8.16. The molecule has 2 heteroatoms. The highest BCUT2D eigenvalue weighted by atomic mass is 35.5. The third-order valence-corrected chi connectivity index (χ3v) is 2.21. The van der Waals surface area contributed by atoms with Gasteiger partial charge in [0.2, 0.25) is 0 Å². The number of allylic oxidation sites excluding steroid dienone is 1. The lowest BCUT2D eigenvalue weighted by Gasteiger charge is -2.07. The number of rotatable bonds is 4. The van der Waals surface area contributed by atoms with Gasteiger partial charge in [-0.3, -0.25) is 4.79 Å². The number of carbonyl (C=O) groups is 1. The van der Waals surface area contributed by atoms with Crippen LogP contribution in [0.1, 0.15) is 22.8 Å². The van der Waals surface area contributed by atoms with Crippen LogP contribution in [0.4, 0.5) is 0 Å². The Morgan fingerprint density at radius 3 is 2.79 bits per heavy atom. The van der Waals surface area contributed by atoms with Crippen molar-refractivity contribution in [2.45, 2.75) is 18.7 Å². The fourth-order valence-electron chi connectivity index (χ4n) is 1.31. The quantitative estimate of drug-likeness (QED) is 0.422. The Labute approximate surface area is 89.4 Å². The van der Waals surface area contributed by atoms with Gasteiger partial charge in [0.15, 0.2) is 5.78 Å². The molecule has 0 saturated carbocycles. The molecule has 0 fully saturated rings. The monoisotopic (exact) mass is 208 g/mol. The lowest BCUT2D eigenvalue weighted by Crippen LogP contribution is -2.12. The van der Waals surface area contributed by atoms with E-state index >= 15 is 0 Å². The summed E-state index contributed by atoms with van der Waals surface area (Å²) < 4.78 is 0. The predicted octanol–water partition coefficient (Wildman–Crippen LogP) is 3.23. The molecule has 0 radical (unpaired) electrons. The number of hydrogen-bond acceptors (Lipinski definition) is 1. The summed E-state index contributed by atoms with van der Waals surface area (Å²) in [5.74, 6) is -0.0240. The van der Waals surface area contributed by atoms with Gasteiger partial charge in [0.05, 0.1) is 5.38 Å². The van der Waals surface area contributed by atoms with Crippen molar-refractivity contribution in [3.05, 3.63) is 48.0 Å². The van der Waals surface area contributed by atoms with Crippen LogP contribution in [0.15, 0.2) is 36.9 Å². The highest BCUT2D eigenvalue weighted by molar-refractivity contribution is 6.33. The Morgan fingerprint density at radius 1 is 1.57 bits per heavy atom. The van der Waals surface area contributed by atoms with E-state index in [1.165, 1.54) is 0 Å². The molecule has 14 heavy (non-hydrogen) atoms. The molecule has 0 aliphatic carbocycles. The minimum atomic E-state index is -0.471. The minimum Gasteiger partial charge on any atom is -0.293 e. The number of benzene rings is 1. The van der Waals surface area contributed by atoms with Crippen LogP contribution in [0, 0.1) is 0 Å². The summed E-state index contributed by atoms with van der Waals surface area (Å²) in [5.41, 5.74) is 1.69. The van der Waals surface area contributed by atoms with Crippen LogP contribution in [0.2, 0.25) is 0 Å². The molecule has 0 saturated heterocycles. The van der Waals surface area contributed by atoms with Crippen LogP contribution in [-0.2, 0) is 6.42 Å². The van der Waals surface area contributed by atoms with Gasteiger partial charge in [-0.2, -0.15) is 0 Å². The summed E-state index contributed by atoms with van der Waals surface area (Å²) >= 11 is 5.76. The van der Waals surface area contributed by atoms with Crippen molar-refractivity contribution in [1.82, 2.24) is 0 Å². The standard InChI is InChI=1S/C12H13ClO/c1-3-6-10-7-4-5-8-11(10)12(14)9(2)13/h3-5,7-9H,1,6H2,2H3. The van der Waals surface area contributed by atoms with Crippen molar-refractivity contribution in [1.29, 1.82) is 0 Å². The molecule has 0 bridgehead atoms. The molecule has 0 aliphatic rings. The maximum Gasteiger partial charge on any atom is 0.180 e. The van der Waals surface area contributed by atoms with E-state index in [4.69, 9.17) is 11.6 Å². The Morgan fingerprint density at radius 2 is 2.21 bits per heavy atom. The summed E-state index contributed by atoms with van der Waals surface area (Å²) in [6, 6.07) is 7.49. The van der Waals surface area contributed by atoms with Gasteiger partial charge in [0, 0.05) is 5.56 Å². The second-order valence-corrected chi connectivity index (χ2v) is 3.78. The molecule has 74 valence electrons. The number of halogens is 1. The van der Waals surface area contributed by atoms with Crippen molar-refractivity contribution in [3.8, 4) is 0 Å². The third kappa shape index (κ3) is 2.46. The van der Waals surface area contributed by atoms with Gasteiger partial charge in [-0.1, -0.05) is 30.3 Å². The fourth-order valence-corrected chi connectivity index (χ4v) is 1.43. The van der Waals surface area contributed by atoms with Crippen LogP contribution in [0.3, 0.4) is 0 Å². The molecular formula is C12H13ClO. The smallest absolute Gasteiger partial charge is 0.180 e.